The summed E-state index contributed by atoms with van der Waals surface area (Å²) in [6.07, 6.45) is 1.91. The molecule has 1 fully saturated rings. The van der Waals surface area contributed by atoms with Gasteiger partial charge in [0.15, 0.2) is 0 Å². The molecule has 5 N–H and O–H groups in total. The number of carboxylic acid groups (broad SMARTS) is 1. The predicted molar refractivity (Wildman–Crippen MR) is 102 cm³/mol. The van der Waals surface area contributed by atoms with Crippen LogP contribution < -0.4 is 11.1 Å². The molecule has 28 heavy (non-hydrogen) atoms. The number of nitriles is 1. The number of aromatic amines is 1. The van der Waals surface area contributed by atoms with E-state index in [9.17, 15) is 19.5 Å². The van der Waals surface area contributed by atoms with Gasteiger partial charge in [0.05, 0.1) is 17.4 Å². The fourth-order valence-corrected chi connectivity index (χ4v) is 4.46. The molecule has 1 aliphatic carbocycles. The first-order valence-corrected chi connectivity index (χ1v) is 9.20. The summed E-state index contributed by atoms with van der Waals surface area (Å²) in [5.41, 5.74) is 4.79. The van der Waals surface area contributed by atoms with Gasteiger partial charge in [-0.25, -0.2) is 4.79 Å². The minimum absolute atomic E-state index is 0.184. The van der Waals surface area contributed by atoms with E-state index >= 15 is 0 Å². The smallest absolute Gasteiger partial charge is 0.352 e. The molecule has 2 amide bonds. The molecule has 2 unspecified atom stereocenters. The van der Waals surface area contributed by atoms with Crippen LogP contribution in [0.2, 0.25) is 5.02 Å². The number of hydrogen-bond acceptors (Lipinski definition) is 4. The topological polar surface area (TPSA) is 149 Å². The molecule has 2 aromatic rings. The summed E-state index contributed by atoms with van der Waals surface area (Å²) in [6.45, 7) is -0.209. The van der Waals surface area contributed by atoms with E-state index in [4.69, 9.17) is 22.6 Å². The number of aromatic carboxylic acids is 1. The van der Waals surface area contributed by atoms with Crippen LogP contribution in [-0.4, -0.2) is 34.4 Å². The lowest BCUT2D eigenvalue weighted by atomic mass is 9.61. The maximum absolute atomic E-state index is 12.8. The number of primary amides is 1. The summed E-state index contributed by atoms with van der Waals surface area (Å²) < 4.78 is 0. The second-order valence-corrected chi connectivity index (χ2v) is 7.32. The molecule has 9 heteroatoms. The Kier molecular flexibility index (Phi) is 5.29. The molecule has 1 aromatic heterocycles. The van der Waals surface area contributed by atoms with E-state index in [0.29, 0.717) is 35.2 Å². The van der Waals surface area contributed by atoms with Gasteiger partial charge in [-0.2, -0.15) is 5.26 Å². The molecule has 1 aliphatic rings. The van der Waals surface area contributed by atoms with Crippen LogP contribution in [0.5, 0.6) is 0 Å². The summed E-state index contributed by atoms with van der Waals surface area (Å²) in [5.74, 6) is -3.38. The fourth-order valence-electron chi connectivity index (χ4n) is 4.29. The number of nitrogens with one attached hydrogen (secondary N) is 2. The van der Waals surface area contributed by atoms with Gasteiger partial charge in [-0.3, -0.25) is 9.59 Å². The van der Waals surface area contributed by atoms with Crippen molar-refractivity contribution in [1.82, 2.24) is 10.3 Å². The molecule has 0 spiro atoms. The lowest BCUT2D eigenvalue weighted by Crippen LogP contribution is -2.54. The van der Waals surface area contributed by atoms with E-state index in [1.165, 1.54) is 0 Å². The Morgan fingerprint density at radius 1 is 1.39 bits per heavy atom. The molecule has 2 atom stereocenters. The van der Waals surface area contributed by atoms with Crippen LogP contribution in [0.15, 0.2) is 18.2 Å². The molecule has 0 saturated heterocycles. The van der Waals surface area contributed by atoms with Crippen LogP contribution in [0.25, 0.3) is 10.9 Å². The van der Waals surface area contributed by atoms with Crippen molar-refractivity contribution in [2.24, 2.45) is 11.7 Å². The highest BCUT2D eigenvalue weighted by Gasteiger charge is 2.53. The number of hydrogen-bond donors (Lipinski definition) is 4. The molecule has 0 aliphatic heterocycles. The van der Waals surface area contributed by atoms with E-state index in [2.05, 4.69) is 10.3 Å². The first-order valence-electron chi connectivity index (χ1n) is 8.82. The van der Waals surface area contributed by atoms with E-state index in [0.717, 1.165) is 0 Å². The van der Waals surface area contributed by atoms with Gasteiger partial charge in [0.1, 0.15) is 12.2 Å². The van der Waals surface area contributed by atoms with Crippen molar-refractivity contribution in [3.63, 3.8) is 0 Å². The first-order chi connectivity index (χ1) is 13.3. The van der Waals surface area contributed by atoms with Crippen molar-refractivity contribution in [2.45, 2.75) is 31.1 Å². The number of fused-ring (bicyclic) bond motifs is 1. The number of carbonyl (C=O) groups excluding carboxylic acids is 2. The average molecular weight is 403 g/mol. The van der Waals surface area contributed by atoms with E-state index in [1.54, 1.807) is 18.2 Å². The Morgan fingerprint density at radius 2 is 2.14 bits per heavy atom. The predicted octanol–water partition coefficient (Wildman–Crippen LogP) is 2.07. The molecule has 1 aromatic carbocycles. The Bertz CT molecular complexity index is 1010. The lowest BCUT2D eigenvalue weighted by Gasteiger charge is -2.41. The van der Waals surface area contributed by atoms with Gasteiger partial charge in [0, 0.05) is 21.5 Å². The van der Waals surface area contributed by atoms with Crippen LogP contribution in [0.3, 0.4) is 0 Å². The van der Waals surface area contributed by atoms with Crippen LogP contribution in [0.1, 0.15) is 41.7 Å². The molecular weight excluding hydrogens is 384 g/mol. The van der Waals surface area contributed by atoms with Gasteiger partial charge in [0.25, 0.3) is 0 Å². The minimum atomic E-state index is -1.50. The number of aromatic nitrogens is 1. The molecule has 0 bridgehead atoms. The summed E-state index contributed by atoms with van der Waals surface area (Å²) in [4.78, 5) is 40.4. The Labute approximate surface area is 165 Å². The van der Waals surface area contributed by atoms with Crippen molar-refractivity contribution in [1.29, 1.82) is 5.26 Å². The standard InChI is InChI=1S/C19H19ClN4O4/c20-10-4-5-11-13(9-10)24-15(17(26)27)14(11)19(18(22)28)6-2-1-3-12(19)16(25)23-8-7-21/h4-5,9,12,24H,1-3,6,8H2,(H2,22,28)(H,23,25)(H,26,27). The number of H-pyrrole nitrogens is 1. The van der Waals surface area contributed by atoms with Crippen molar-refractivity contribution >= 4 is 40.3 Å². The third kappa shape index (κ3) is 3.08. The SMILES string of the molecule is N#CCNC(=O)C1CCCCC1(C(N)=O)c1c(C(=O)O)[nH]c2cc(Cl)ccc12. The van der Waals surface area contributed by atoms with Gasteiger partial charge < -0.3 is 21.1 Å². The molecule has 0 radical (unpaired) electrons. The maximum atomic E-state index is 12.8. The Hall–Kier alpha value is -3.05. The van der Waals surface area contributed by atoms with E-state index in [1.807, 2.05) is 6.07 Å². The van der Waals surface area contributed by atoms with Gasteiger partial charge in [-0.15, -0.1) is 0 Å². The molecule has 1 saturated carbocycles. The summed E-state index contributed by atoms with van der Waals surface area (Å²) in [7, 11) is 0. The molecule has 3 rings (SSSR count). The monoisotopic (exact) mass is 402 g/mol. The van der Waals surface area contributed by atoms with Crippen LogP contribution in [0.4, 0.5) is 0 Å². The number of amides is 2. The molecule has 146 valence electrons. The summed E-state index contributed by atoms with van der Waals surface area (Å²) in [6, 6.07) is 6.61. The van der Waals surface area contributed by atoms with Crippen molar-refractivity contribution in [3.05, 3.63) is 34.5 Å². The zero-order chi connectivity index (χ0) is 20.5. The third-order valence-corrected chi connectivity index (χ3v) is 5.66. The maximum Gasteiger partial charge on any atom is 0.352 e. The third-order valence-electron chi connectivity index (χ3n) is 5.43. The average Bonchev–Trinajstić information content (AvgIpc) is 3.04. The normalized spacial score (nSPS) is 21.8. The van der Waals surface area contributed by atoms with E-state index < -0.39 is 29.1 Å². The number of rotatable bonds is 5. The molecular formula is C19H19ClN4O4. The van der Waals surface area contributed by atoms with Gasteiger partial charge in [-0.05, 0) is 25.0 Å². The largest absolute Gasteiger partial charge is 0.477 e. The van der Waals surface area contributed by atoms with Gasteiger partial charge >= 0.3 is 5.97 Å². The number of carbonyl (C=O) groups is 3. The highest BCUT2D eigenvalue weighted by Crippen LogP contribution is 2.48. The van der Waals surface area contributed by atoms with Crippen molar-refractivity contribution in [3.8, 4) is 6.07 Å². The van der Waals surface area contributed by atoms with E-state index in [-0.39, 0.29) is 24.2 Å². The molecule has 8 nitrogen and oxygen atoms in total. The van der Waals surface area contributed by atoms with Crippen LogP contribution >= 0.6 is 11.6 Å². The second-order valence-electron chi connectivity index (χ2n) is 6.88. The lowest BCUT2D eigenvalue weighted by molar-refractivity contribution is -0.137. The number of benzene rings is 1. The minimum Gasteiger partial charge on any atom is -0.477 e. The number of carboxylic acids is 1. The zero-order valence-corrected chi connectivity index (χ0v) is 15.7. The van der Waals surface area contributed by atoms with Gasteiger partial charge in [-0.1, -0.05) is 30.5 Å². The van der Waals surface area contributed by atoms with Gasteiger partial charge in [0.2, 0.25) is 11.8 Å². The zero-order valence-electron chi connectivity index (χ0n) is 14.9. The Balaban J connectivity index is 2.30. The van der Waals surface area contributed by atoms with Crippen LogP contribution in [0, 0.1) is 17.2 Å². The molecule has 1 heterocycles. The Morgan fingerprint density at radius 3 is 2.79 bits per heavy atom. The summed E-state index contributed by atoms with van der Waals surface area (Å²) >= 11 is 6.03. The fraction of sp³-hybridized carbons (Fsp3) is 0.368. The van der Waals surface area contributed by atoms with Crippen molar-refractivity contribution in [2.75, 3.05) is 6.54 Å². The highest BCUT2D eigenvalue weighted by atomic mass is 35.5. The highest BCUT2D eigenvalue weighted by molar-refractivity contribution is 6.31. The number of halogens is 1. The second kappa shape index (κ2) is 7.52. The summed E-state index contributed by atoms with van der Waals surface area (Å²) in [5, 5.41) is 21.9. The van der Waals surface area contributed by atoms with Crippen molar-refractivity contribution < 1.29 is 19.5 Å². The number of nitrogens with zero attached hydrogens (tertiary/aromatic N) is 1. The first kappa shape index (κ1) is 19.7. The van der Waals surface area contributed by atoms with Crippen LogP contribution in [-0.2, 0) is 15.0 Å². The number of nitrogens with two attached hydrogens (primary N) is 1. The quantitative estimate of drug-likeness (QED) is 0.564.